The highest BCUT2D eigenvalue weighted by atomic mass is 32.2. The fourth-order valence-electron chi connectivity index (χ4n) is 2.78. The van der Waals surface area contributed by atoms with E-state index in [4.69, 9.17) is 0 Å². The zero-order valence-electron chi connectivity index (χ0n) is 16.3. The Balaban J connectivity index is 1.63. The monoisotopic (exact) mass is 459 g/mol. The van der Waals surface area contributed by atoms with Gasteiger partial charge in [-0.05, 0) is 25.3 Å². The molecule has 2 aromatic carbocycles. The van der Waals surface area contributed by atoms with Gasteiger partial charge in [-0.1, -0.05) is 53.4 Å². The molecule has 160 valence electrons. The smallest absolute Gasteiger partial charge is 0.279 e. The van der Waals surface area contributed by atoms with Gasteiger partial charge in [-0.3, -0.25) is 30.3 Å². The van der Waals surface area contributed by atoms with Gasteiger partial charge in [0.2, 0.25) is 5.13 Å². The van der Waals surface area contributed by atoms with E-state index in [0.29, 0.717) is 4.34 Å². The summed E-state index contributed by atoms with van der Waals surface area (Å²) in [5.41, 5.74) is 0.108. The lowest BCUT2D eigenvalue weighted by molar-refractivity contribution is -0.394. The molecule has 0 bridgehead atoms. The van der Waals surface area contributed by atoms with E-state index in [1.165, 1.54) is 35.6 Å². The molecule has 1 aromatic heterocycles. The third-order valence-corrected chi connectivity index (χ3v) is 6.38. The number of anilines is 1. The van der Waals surface area contributed by atoms with Crippen molar-refractivity contribution in [3.05, 3.63) is 79.4 Å². The number of nitrogens with one attached hydrogen (secondary N) is 1. The van der Waals surface area contributed by atoms with Crippen LogP contribution in [0.15, 0.2) is 46.8 Å². The Labute approximate surface area is 185 Å². The van der Waals surface area contributed by atoms with Crippen LogP contribution in [0.5, 0.6) is 0 Å². The van der Waals surface area contributed by atoms with Crippen molar-refractivity contribution in [2.24, 2.45) is 0 Å². The van der Waals surface area contributed by atoms with Crippen molar-refractivity contribution in [3.8, 4) is 0 Å². The van der Waals surface area contributed by atoms with Crippen LogP contribution in [-0.4, -0.2) is 31.7 Å². The lowest BCUT2D eigenvalue weighted by atomic mass is 10.0. The minimum absolute atomic E-state index is 0.0353. The first-order valence-electron chi connectivity index (χ1n) is 9.10. The summed E-state index contributed by atoms with van der Waals surface area (Å²) in [4.78, 5) is 33.3. The number of carbonyl (C=O) groups excluding carboxylic acids is 1. The number of thioether (sulfide) groups is 1. The number of rotatable bonds is 9. The predicted molar refractivity (Wildman–Crippen MR) is 118 cm³/mol. The van der Waals surface area contributed by atoms with Gasteiger partial charge in [0.05, 0.1) is 21.5 Å². The van der Waals surface area contributed by atoms with Crippen LogP contribution in [0.25, 0.3) is 0 Å². The van der Waals surface area contributed by atoms with E-state index >= 15 is 0 Å². The van der Waals surface area contributed by atoms with Crippen LogP contribution in [0.4, 0.5) is 16.5 Å². The highest BCUT2D eigenvalue weighted by molar-refractivity contribution is 8.01. The lowest BCUT2D eigenvalue weighted by Gasteiger charge is -2.06. The van der Waals surface area contributed by atoms with Gasteiger partial charge in [0.25, 0.3) is 17.3 Å². The number of aryl methyl sites for hydroxylation is 1. The molecule has 0 radical (unpaired) electrons. The minimum atomic E-state index is -0.779. The van der Waals surface area contributed by atoms with Crippen LogP contribution >= 0.6 is 23.1 Å². The average molecular weight is 460 g/mol. The molecule has 0 unspecified atom stereocenters. The standard InChI is InChI=1S/C19H17N5O5S2/c1-12-15(10-14(23(26)27)11-16(12)24(28)29)17(25)20-18-21-22-19(31-18)30-9-5-8-13-6-3-2-4-7-13/h2-4,6-7,10-11H,5,8-9H2,1H3,(H,20,21,25). The molecule has 0 spiro atoms. The molecule has 0 aliphatic carbocycles. The second kappa shape index (κ2) is 10.1. The third kappa shape index (κ3) is 5.83. The number of nitro groups is 2. The molecule has 3 rings (SSSR count). The number of carbonyl (C=O) groups is 1. The molecule has 3 aromatic rings. The van der Waals surface area contributed by atoms with E-state index < -0.39 is 27.1 Å². The van der Waals surface area contributed by atoms with Gasteiger partial charge in [0.15, 0.2) is 4.34 Å². The normalized spacial score (nSPS) is 10.6. The summed E-state index contributed by atoms with van der Waals surface area (Å²) >= 11 is 2.68. The maximum absolute atomic E-state index is 12.6. The molecule has 0 saturated carbocycles. The van der Waals surface area contributed by atoms with E-state index in [2.05, 4.69) is 27.6 Å². The molecule has 10 nitrogen and oxygen atoms in total. The molecule has 0 fully saturated rings. The molecule has 1 amide bonds. The van der Waals surface area contributed by atoms with Crippen molar-refractivity contribution in [3.63, 3.8) is 0 Å². The number of hydrogen-bond donors (Lipinski definition) is 1. The molecule has 31 heavy (non-hydrogen) atoms. The van der Waals surface area contributed by atoms with E-state index in [1.54, 1.807) is 0 Å². The van der Waals surface area contributed by atoms with Gasteiger partial charge in [-0.15, -0.1) is 10.2 Å². The van der Waals surface area contributed by atoms with Gasteiger partial charge in [0, 0.05) is 17.4 Å². The van der Waals surface area contributed by atoms with Crippen molar-refractivity contribution in [2.75, 3.05) is 11.1 Å². The van der Waals surface area contributed by atoms with Crippen LogP contribution in [0.2, 0.25) is 0 Å². The van der Waals surface area contributed by atoms with Crippen molar-refractivity contribution in [2.45, 2.75) is 24.1 Å². The zero-order valence-corrected chi connectivity index (χ0v) is 17.9. The predicted octanol–water partition coefficient (Wildman–Crippen LogP) is 4.64. The summed E-state index contributed by atoms with van der Waals surface area (Å²) in [7, 11) is 0. The number of amides is 1. The number of nitro benzene ring substituents is 2. The lowest BCUT2D eigenvalue weighted by Crippen LogP contribution is -2.14. The zero-order chi connectivity index (χ0) is 22.4. The minimum Gasteiger partial charge on any atom is -0.296 e. The first-order chi connectivity index (χ1) is 14.8. The second-order valence-corrected chi connectivity index (χ2v) is 8.74. The first kappa shape index (κ1) is 22.3. The summed E-state index contributed by atoms with van der Waals surface area (Å²) in [6, 6.07) is 12.0. The Bertz CT molecular complexity index is 1120. The van der Waals surface area contributed by atoms with Crippen LogP contribution < -0.4 is 5.32 Å². The Morgan fingerprint density at radius 3 is 2.55 bits per heavy atom. The number of non-ortho nitro benzene ring substituents is 1. The van der Waals surface area contributed by atoms with Gasteiger partial charge in [-0.2, -0.15) is 0 Å². The Kier molecular flexibility index (Phi) is 7.26. The summed E-state index contributed by atoms with van der Waals surface area (Å²) in [5, 5.41) is 32.9. The average Bonchev–Trinajstić information content (AvgIpc) is 3.18. The molecule has 12 heteroatoms. The first-order valence-corrected chi connectivity index (χ1v) is 10.9. The van der Waals surface area contributed by atoms with Crippen molar-refractivity contribution in [1.29, 1.82) is 0 Å². The highest BCUT2D eigenvalue weighted by Gasteiger charge is 2.25. The Morgan fingerprint density at radius 2 is 1.87 bits per heavy atom. The maximum atomic E-state index is 12.6. The van der Waals surface area contributed by atoms with Crippen LogP contribution in [0.1, 0.15) is 27.9 Å². The molecule has 0 aliphatic rings. The van der Waals surface area contributed by atoms with Crippen molar-refractivity contribution in [1.82, 2.24) is 10.2 Å². The van der Waals surface area contributed by atoms with Crippen LogP contribution in [0, 0.1) is 27.2 Å². The van der Waals surface area contributed by atoms with E-state index in [-0.39, 0.29) is 16.3 Å². The number of benzene rings is 2. The Hall–Kier alpha value is -3.38. The molecule has 0 atom stereocenters. The molecule has 0 saturated heterocycles. The second-order valence-electron chi connectivity index (χ2n) is 6.42. The third-order valence-electron chi connectivity index (χ3n) is 4.32. The Morgan fingerprint density at radius 1 is 1.13 bits per heavy atom. The topological polar surface area (TPSA) is 141 Å². The molecular weight excluding hydrogens is 442 g/mol. The SMILES string of the molecule is Cc1c(C(=O)Nc2nnc(SCCCc3ccccc3)s2)cc([N+](=O)[O-])cc1[N+](=O)[O-]. The summed E-state index contributed by atoms with van der Waals surface area (Å²) in [6.07, 6.45) is 1.90. The van der Waals surface area contributed by atoms with Gasteiger partial charge < -0.3 is 0 Å². The largest absolute Gasteiger partial charge is 0.296 e. The van der Waals surface area contributed by atoms with Gasteiger partial charge in [-0.25, -0.2) is 0 Å². The molecule has 1 N–H and O–H groups in total. The maximum Gasteiger partial charge on any atom is 0.279 e. The summed E-state index contributed by atoms with van der Waals surface area (Å²) < 4.78 is 0.671. The van der Waals surface area contributed by atoms with Gasteiger partial charge >= 0.3 is 0 Å². The van der Waals surface area contributed by atoms with Crippen molar-refractivity contribution >= 4 is 45.5 Å². The van der Waals surface area contributed by atoms with Crippen LogP contribution in [0.3, 0.4) is 0 Å². The molecule has 1 heterocycles. The quantitative estimate of drug-likeness (QED) is 0.160. The van der Waals surface area contributed by atoms with Crippen molar-refractivity contribution < 1.29 is 14.6 Å². The van der Waals surface area contributed by atoms with Crippen LogP contribution in [-0.2, 0) is 6.42 Å². The van der Waals surface area contributed by atoms with E-state index in [1.807, 2.05) is 18.2 Å². The number of hydrogen-bond acceptors (Lipinski definition) is 9. The fourth-order valence-corrected chi connectivity index (χ4v) is 4.54. The molecular formula is C19H17N5O5S2. The summed E-state index contributed by atoms with van der Waals surface area (Å²) in [6.45, 7) is 1.37. The molecule has 0 aliphatic heterocycles. The summed E-state index contributed by atoms with van der Waals surface area (Å²) in [5.74, 6) is 0.106. The fraction of sp³-hybridized carbons (Fsp3) is 0.211. The van der Waals surface area contributed by atoms with E-state index in [9.17, 15) is 25.0 Å². The van der Waals surface area contributed by atoms with Gasteiger partial charge in [0.1, 0.15) is 0 Å². The number of aromatic nitrogens is 2. The highest BCUT2D eigenvalue weighted by Crippen LogP contribution is 2.30. The number of nitrogens with zero attached hydrogens (tertiary/aromatic N) is 4. The van der Waals surface area contributed by atoms with E-state index in [0.717, 1.165) is 30.7 Å².